The number of nitrogens with zero attached hydrogens (tertiary/aromatic N) is 1. The van der Waals surface area contributed by atoms with E-state index < -0.39 is 5.60 Å². The van der Waals surface area contributed by atoms with Gasteiger partial charge in [-0.25, -0.2) is 0 Å². The standard InChI is InChI=1S/C18H29NO3/c1-4-16(5-2)19-10-11-21-13-18(20,12-19)14-22-17-9-7-6-8-15(17)3/h6-9,16,20H,4-5,10-14H2,1-3H3/t18-/m1/s1. The van der Waals surface area contributed by atoms with Gasteiger partial charge in [0.05, 0.1) is 13.2 Å². The average molecular weight is 307 g/mol. The van der Waals surface area contributed by atoms with E-state index >= 15 is 0 Å². The molecule has 1 atom stereocenters. The summed E-state index contributed by atoms with van der Waals surface area (Å²) in [7, 11) is 0. The van der Waals surface area contributed by atoms with Crippen molar-refractivity contribution < 1.29 is 14.6 Å². The van der Waals surface area contributed by atoms with E-state index in [2.05, 4.69) is 18.7 Å². The van der Waals surface area contributed by atoms with E-state index in [1.165, 1.54) is 0 Å². The van der Waals surface area contributed by atoms with Gasteiger partial charge in [-0.15, -0.1) is 0 Å². The Balaban J connectivity index is 2.02. The lowest BCUT2D eigenvalue weighted by molar-refractivity contribution is -0.0674. The van der Waals surface area contributed by atoms with Gasteiger partial charge in [0.25, 0.3) is 0 Å². The SMILES string of the molecule is CCC(CC)N1CCOC[C@@](O)(COc2ccccc2C)C1. The van der Waals surface area contributed by atoms with Crippen LogP contribution in [0.3, 0.4) is 0 Å². The Bertz CT molecular complexity index is 461. The van der Waals surface area contributed by atoms with Gasteiger partial charge < -0.3 is 14.6 Å². The van der Waals surface area contributed by atoms with Crippen LogP contribution in [0, 0.1) is 6.92 Å². The maximum Gasteiger partial charge on any atom is 0.134 e. The number of benzene rings is 1. The van der Waals surface area contributed by atoms with Crippen LogP contribution in [0.4, 0.5) is 0 Å². The largest absolute Gasteiger partial charge is 0.490 e. The zero-order chi connectivity index (χ0) is 16.0. The van der Waals surface area contributed by atoms with E-state index in [4.69, 9.17) is 9.47 Å². The Morgan fingerprint density at radius 1 is 1.32 bits per heavy atom. The highest BCUT2D eigenvalue weighted by molar-refractivity contribution is 5.31. The normalized spacial score (nSPS) is 23.5. The quantitative estimate of drug-likeness (QED) is 0.877. The first kappa shape index (κ1) is 17.3. The maximum atomic E-state index is 10.9. The Morgan fingerprint density at radius 2 is 2.05 bits per heavy atom. The molecule has 0 radical (unpaired) electrons. The predicted molar refractivity (Wildman–Crippen MR) is 88.4 cm³/mol. The molecule has 2 rings (SSSR count). The molecule has 22 heavy (non-hydrogen) atoms. The van der Waals surface area contributed by atoms with Crippen LogP contribution in [-0.2, 0) is 4.74 Å². The number of β-amino-alcohol motifs (C(OH)–C–C–N with tert-alkyl or cyclic N) is 1. The van der Waals surface area contributed by atoms with Crippen LogP contribution in [-0.4, -0.2) is 54.6 Å². The number of hydrogen-bond acceptors (Lipinski definition) is 4. The molecule has 1 aromatic rings. The third-order valence-electron chi connectivity index (χ3n) is 4.44. The fourth-order valence-corrected chi connectivity index (χ4v) is 3.08. The van der Waals surface area contributed by atoms with Crippen molar-refractivity contribution in [2.45, 2.75) is 45.3 Å². The molecule has 1 aromatic carbocycles. The molecule has 0 amide bonds. The van der Waals surface area contributed by atoms with Gasteiger partial charge in [0, 0.05) is 19.1 Å². The number of hydrogen-bond donors (Lipinski definition) is 1. The summed E-state index contributed by atoms with van der Waals surface area (Å²) >= 11 is 0. The minimum atomic E-state index is -0.957. The summed E-state index contributed by atoms with van der Waals surface area (Å²) < 4.78 is 11.5. The van der Waals surface area contributed by atoms with Crippen LogP contribution in [0.5, 0.6) is 5.75 Å². The van der Waals surface area contributed by atoms with Crippen molar-refractivity contribution in [2.75, 3.05) is 32.9 Å². The number of rotatable bonds is 6. The van der Waals surface area contributed by atoms with Gasteiger partial charge >= 0.3 is 0 Å². The van der Waals surface area contributed by atoms with E-state index in [1.807, 2.05) is 31.2 Å². The summed E-state index contributed by atoms with van der Waals surface area (Å²) in [5.74, 6) is 0.828. The first-order valence-corrected chi connectivity index (χ1v) is 8.30. The molecule has 124 valence electrons. The topological polar surface area (TPSA) is 41.9 Å². The van der Waals surface area contributed by atoms with E-state index in [9.17, 15) is 5.11 Å². The van der Waals surface area contributed by atoms with Crippen LogP contribution in [0.15, 0.2) is 24.3 Å². The molecule has 0 aromatic heterocycles. The highest BCUT2D eigenvalue weighted by Crippen LogP contribution is 2.21. The van der Waals surface area contributed by atoms with Gasteiger partial charge in [0.2, 0.25) is 0 Å². The smallest absolute Gasteiger partial charge is 0.134 e. The van der Waals surface area contributed by atoms with E-state index in [0.29, 0.717) is 25.8 Å². The molecule has 1 heterocycles. The minimum Gasteiger partial charge on any atom is -0.490 e. The van der Waals surface area contributed by atoms with Crippen molar-refractivity contribution in [1.82, 2.24) is 4.90 Å². The molecular weight excluding hydrogens is 278 g/mol. The Hall–Kier alpha value is -1.10. The van der Waals surface area contributed by atoms with Crippen LogP contribution in [0.1, 0.15) is 32.3 Å². The van der Waals surface area contributed by atoms with Gasteiger partial charge in [0.15, 0.2) is 0 Å². The summed E-state index contributed by atoms with van der Waals surface area (Å²) in [5.41, 5.74) is 0.124. The Kier molecular flexibility index (Phi) is 6.24. The van der Waals surface area contributed by atoms with Crippen LogP contribution < -0.4 is 4.74 Å². The number of aliphatic hydroxyl groups is 1. The van der Waals surface area contributed by atoms with Crippen molar-refractivity contribution >= 4 is 0 Å². The van der Waals surface area contributed by atoms with Crippen molar-refractivity contribution in [3.05, 3.63) is 29.8 Å². The van der Waals surface area contributed by atoms with Gasteiger partial charge in [0.1, 0.15) is 18.0 Å². The lowest BCUT2D eigenvalue weighted by atomic mass is 10.0. The molecule has 0 unspecified atom stereocenters. The molecular formula is C18H29NO3. The predicted octanol–water partition coefficient (Wildman–Crippen LogP) is 2.63. The third-order valence-corrected chi connectivity index (χ3v) is 4.44. The molecule has 4 heteroatoms. The van der Waals surface area contributed by atoms with Crippen LogP contribution in [0.25, 0.3) is 0 Å². The van der Waals surface area contributed by atoms with Gasteiger partial charge in [-0.3, -0.25) is 4.90 Å². The molecule has 1 aliphatic rings. The Morgan fingerprint density at radius 3 is 2.73 bits per heavy atom. The van der Waals surface area contributed by atoms with Crippen molar-refractivity contribution in [2.24, 2.45) is 0 Å². The summed E-state index contributed by atoms with van der Waals surface area (Å²) in [6.07, 6.45) is 2.18. The lowest BCUT2D eigenvalue weighted by Gasteiger charge is -2.35. The van der Waals surface area contributed by atoms with Crippen molar-refractivity contribution in [1.29, 1.82) is 0 Å². The molecule has 1 N–H and O–H groups in total. The van der Waals surface area contributed by atoms with Crippen LogP contribution in [0.2, 0.25) is 0 Å². The van der Waals surface area contributed by atoms with Gasteiger partial charge in [-0.1, -0.05) is 32.0 Å². The highest BCUT2D eigenvalue weighted by atomic mass is 16.5. The summed E-state index contributed by atoms with van der Waals surface area (Å²) in [6, 6.07) is 8.38. The zero-order valence-corrected chi connectivity index (χ0v) is 14.0. The molecule has 0 spiro atoms. The van der Waals surface area contributed by atoms with E-state index in [1.54, 1.807) is 0 Å². The summed E-state index contributed by atoms with van der Waals surface area (Å²) in [4.78, 5) is 2.34. The zero-order valence-electron chi connectivity index (χ0n) is 14.0. The molecule has 0 bridgehead atoms. The van der Waals surface area contributed by atoms with Gasteiger partial charge in [-0.05, 0) is 31.4 Å². The average Bonchev–Trinajstić information content (AvgIpc) is 2.70. The van der Waals surface area contributed by atoms with Crippen molar-refractivity contribution in [3.63, 3.8) is 0 Å². The fourth-order valence-electron chi connectivity index (χ4n) is 3.08. The monoisotopic (exact) mass is 307 g/mol. The first-order valence-electron chi connectivity index (χ1n) is 8.30. The molecule has 1 saturated heterocycles. The number of ether oxygens (including phenoxy) is 2. The molecule has 4 nitrogen and oxygen atoms in total. The number of para-hydroxylation sites is 1. The number of aryl methyl sites for hydroxylation is 1. The second-order valence-corrected chi connectivity index (χ2v) is 6.27. The third kappa shape index (κ3) is 4.45. The second-order valence-electron chi connectivity index (χ2n) is 6.27. The second kappa shape index (κ2) is 7.95. The van der Waals surface area contributed by atoms with E-state index in [0.717, 1.165) is 30.7 Å². The lowest BCUT2D eigenvalue weighted by Crippen LogP contribution is -2.51. The Labute approximate surface area is 134 Å². The van der Waals surface area contributed by atoms with E-state index in [-0.39, 0.29) is 6.61 Å². The fraction of sp³-hybridized carbons (Fsp3) is 0.667. The molecule has 0 saturated carbocycles. The summed E-state index contributed by atoms with van der Waals surface area (Å²) in [5, 5.41) is 10.9. The van der Waals surface area contributed by atoms with Gasteiger partial charge in [-0.2, -0.15) is 0 Å². The maximum absolute atomic E-state index is 10.9. The molecule has 0 aliphatic carbocycles. The highest BCUT2D eigenvalue weighted by Gasteiger charge is 2.35. The molecule has 1 aliphatic heterocycles. The summed E-state index contributed by atoms with van der Waals surface area (Å²) in [6.45, 7) is 9.14. The molecule has 1 fully saturated rings. The minimum absolute atomic E-state index is 0.258. The first-order chi connectivity index (χ1) is 10.6. The van der Waals surface area contributed by atoms with Crippen LogP contribution >= 0.6 is 0 Å². The van der Waals surface area contributed by atoms with Crippen molar-refractivity contribution in [3.8, 4) is 5.75 Å².